The Hall–Kier alpha value is -0.120. The van der Waals surface area contributed by atoms with Crippen LogP contribution >= 0.6 is 0 Å². The summed E-state index contributed by atoms with van der Waals surface area (Å²) in [5.74, 6) is 0. The van der Waals surface area contributed by atoms with Gasteiger partial charge in [-0.1, -0.05) is 27.7 Å². The average Bonchev–Trinajstić information content (AvgIpc) is 2.26. The highest BCUT2D eigenvalue weighted by atomic mass is 16.5. The van der Waals surface area contributed by atoms with Crippen LogP contribution in [0.3, 0.4) is 0 Å². The summed E-state index contributed by atoms with van der Waals surface area (Å²) in [5.41, 5.74) is 0.376. The molecule has 0 bridgehead atoms. The molecule has 0 aromatic rings. The van der Waals surface area contributed by atoms with Gasteiger partial charge >= 0.3 is 0 Å². The van der Waals surface area contributed by atoms with Crippen molar-refractivity contribution in [2.75, 3.05) is 32.8 Å². The topological polar surface area (TPSA) is 24.5 Å². The lowest BCUT2D eigenvalue weighted by atomic mass is 9.86. The standard InChI is InChI=1S/C14H30N2O/c1-6-14(5,10-15-12(2)3)11-16-7-8-17-13(4)9-16/h12-13,15H,6-11H2,1-5H3. The Morgan fingerprint density at radius 1 is 1.47 bits per heavy atom. The molecule has 0 spiro atoms. The van der Waals surface area contributed by atoms with Gasteiger partial charge in [-0.25, -0.2) is 0 Å². The molecule has 0 amide bonds. The second-order valence-corrected chi connectivity index (χ2v) is 6.12. The molecule has 1 heterocycles. The highest BCUT2D eigenvalue weighted by Gasteiger charge is 2.27. The molecule has 102 valence electrons. The number of hydrogen-bond donors (Lipinski definition) is 1. The molecule has 1 N–H and O–H groups in total. The first-order valence-corrected chi connectivity index (χ1v) is 7.02. The normalized spacial score (nSPS) is 26.1. The second-order valence-electron chi connectivity index (χ2n) is 6.12. The Balaban J connectivity index is 2.43. The summed E-state index contributed by atoms with van der Waals surface area (Å²) in [5, 5.41) is 3.58. The monoisotopic (exact) mass is 242 g/mol. The Bertz CT molecular complexity index is 220. The van der Waals surface area contributed by atoms with Gasteiger partial charge < -0.3 is 10.1 Å². The zero-order valence-electron chi connectivity index (χ0n) is 12.3. The minimum Gasteiger partial charge on any atom is -0.376 e. The highest BCUT2D eigenvalue weighted by molar-refractivity contribution is 4.82. The van der Waals surface area contributed by atoms with Crippen LogP contribution in [-0.4, -0.2) is 49.8 Å². The summed E-state index contributed by atoms with van der Waals surface area (Å²) in [4.78, 5) is 2.56. The third-order valence-electron chi connectivity index (χ3n) is 3.72. The van der Waals surface area contributed by atoms with Gasteiger partial charge in [0.05, 0.1) is 12.7 Å². The van der Waals surface area contributed by atoms with Crippen LogP contribution in [0.5, 0.6) is 0 Å². The summed E-state index contributed by atoms with van der Waals surface area (Å²) in [6.07, 6.45) is 1.61. The zero-order valence-corrected chi connectivity index (χ0v) is 12.3. The Labute approximate surface area is 107 Å². The van der Waals surface area contributed by atoms with Gasteiger partial charge in [-0.15, -0.1) is 0 Å². The fraction of sp³-hybridized carbons (Fsp3) is 1.00. The van der Waals surface area contributed by atoms with Crippen LogP contribution in [0.1, 0.15) is 41.0 Å². The molecule has 0 aliphatic carbocycles. The molecule has 2 atom stereocenters. The number of ether oxygens (including phenoxy) is 1. The average molecular weight is 242 g/mol. The SMILES string of the molecule is CCC(C)(CNC(C)C)CN1CCOC(C)C1. The molecule has 3 nitrogen and oxygen atoms in total. The molecule has 17 heavy (non-hydrogen) atoms. The van der Waals surface area contributed by atoms with Crippen molar-refractivity contribution in [3.8, 4) is 0 Å². The molecule has 0 radical (unpaired) electrons. The number of rotatable bonds is 6. The van der Waals surface area contributed by atoms with Gasteiger partial charge in [-0.3, -0.25) is 4.90 Å². The van der Waals surface area contributed by atoms with Gasteiger partial charge in [-0.05, 0) is 18.8 Å². The van der Waals surface area contributed by atoms with Crippen LogP contribution in [-0.2, 0) is 4.74 Å². The maximum absolute atomic E-state index is 5.60. The zero-order chi connectivity index (χ0) is 12.9. The number of morpholine rings is 1. The molecule has 3 heteroatoms. The van der Waals surface area contributed by atoms with Crippen molar-refractivity contribution in [3.05, 3.63) is 0 Å². The van der Waals surface area contributed by atoms with Gasteiger partial charge in [0.15, 0.2) is 0 Å². The van der Waals surface area contributed by atoms with Crippen LogP contribution in [0.25, 0.3) is 0 Å². The third kappa shape index (κ3) is 5.36. The first kappa shape index (κ1) is 14.9. The first-order chi connectivity index (χ1) is 7.95. The Kier molecular flexibility index (Phi) is 5.90. The van der Waals surface area contributed by atoms with Crippen LogP contribution in [0.2, 0.25) is 0 Å². The number of nitrogens with one attached hydrogen (secondary N) is 1. The van der Waals surface area contributed by atoms with Crippen LogP contribution in [0.4, 0.5) is 0 Å². The molecular weight excluding hydrogens is 212 g/mol. The van der Waals surface area contributed by atoms with Gasteiger partial charge in [0, 0.05) is 32.2 Å². The largest absolute Gasteiger partial charge is 0.376 e. The van der Waals surface area contributed by atoms with Gasteiger partial charge in [0.25, 0.3) is 0 Å². The van der Waals surface area contributed by atoms with Crippen molar-refractivity contribution < 1.29 is 4.74 Å². The Morgan fingerprint density at radius 2 is 2.18 bits per heavy atom. The number of nitrogens with zero attached hydrogens (tertiary/aromatic N) is 1. The van der Waals surface area contributed by atoms with E-state index >= 15 is 0 Å². The fourth-order valence-corrected chi connectivity index (χ4v) is 2.32. The predicted octanol–water partition coefficient (Wildman–Crippen LogP) is 2.12. The summed E-state index contributed by atoms with van der Waals surface area (Å²) < 4.78 is 5.60. The van der Waals surface area contributed by atoms with Crippen molar-refractivity contribution in [1.29, 1.82) is 0 Å². The van der Waals surface area contributed by atoms with E-state index in [4.69, 9.17) is 4.74 Å². The van der Waals surface area contributed by atoms with E-state index < -0.39 is 0 Å². The van der Waals surface area contributed by atoms with Crippen LogP contribution in [0, 0.1) is 5.41 Å². The third-order valence-corrected chi connectivity index (χ3v) is 3.72. The number of hydrogen-bond acceptors (Lipinski definition) is 3. The summed E-state index contributed by atoms with van der Waals surface area (Å²) >= 11 is 0. The first-order valence-electron chi connectivity index (χ1n) is 7.02. The molecule has 1 fully saturated rings. The lowest BCUT2D eigenvalue weighted by Gasteiger charge is -2.39. The fourth-order valence-electron chi connectivity index (χ4n) is 2.32. The van der Waals surface area contributed by atoms with Crippen molar-refractivity contribution in [2.24, 2.45) is 5.41 Å². The van der Waals surface area contributed by atoms with Gasteiger partial charge in [0.2, 0.25) is 0 Å². The molecule has 0 aromatic heterocycles. The molecule has 1 rings (SSSR count). The summed E-state index contributed by atoms with van der Waals surface area (Å²) in [6, 6.07) is 0.574. The molecule has 1 aliphatic rings. The van der Waals surface area contributed by atoms with Crippen molar-refractivity contribution >= 4 is 0 Å². The predicted molar refractivity (Wildman–Crippen MR) is 73.4 cm³/mol. The molecule has 2 unspecified atom stereocenters. The quantitative estimate of drug-likeness (QED) is 0.772. The lowest BCUT2D eigenvalue weighted by Crippen LogP contribution is -2.49. The summed E-state index contributed by atoms with van der Waals surface area (Å²) in [6.45, 7) is 16.6. The van der Waals surface area contributed by atoms with E-state index in [0.29, 0.717) is 17.6 Å². The second kappa shape index (κ2) is 6.72. The maximum Gasteiger partial charge on any atom is 0.0674 e. The van der Waals surface area contributed by atoms with Crippen LogP contribution in [0.15, 0.2) is 0 Å². The Morgan fingerprint density at radius 3 is 2.71 bits per heavy atom. The van der Waals surface area contributed by atoms with E-state index in [0.717, 1.165) is 26.2 Å². The minimum absolute atomic E-state index is 0.376. The van der Waals surface area contributed by atoms with Crippen molar-refractivity contribution in [3.63, 3.8) is 0 Å². The lowest BCUT2D eigenvalue weighted by molar-refractivity contribution is -0.0312. The van der Waals surface area contributed by atoms with Gasteiger partial charge in [-0.2, -0.15) is 0 Å². The van der Waals surface area contributed by atoms with E-state index in [1.165, 1.54) is 13.0 Å². The molecule has 0 aromatic carbocycles. The van der Waals surface area contributed by atoms with Crippen molar-refractivity contribution in [1.82, 2.24) is 10.2 Å². The van der Waals surface area contributed by atoms with Crippen molar-refractivity contribution in [2.45, 2.75) is 53.2 Å². The van der Waals surface area contributed by atoms with E-state index in [1.54, 1.807) is 0 Å². The van der Waals surface area contributed by atoms with Crippen LogP contribution < -0.4 is 5.32 Å². The van der Waals surface area contributed by atoms with E-state index in [2.05, 4.69) is 44.8 Å². The van der Waals surface area contributed by atoms with E-state index in [1.807, 2.05) is 0 Å². The van der Waals surface area contributed by atoms with Gasteiger partial charge in [0.1, 0.15) is 0 Å². The molecule has 1 aliphatic heterocycles. The minimum atomic E-state index is 0.376. The molecule has 0 saturated carbocycles. The highest BCUT2D eigenvalue weighted by Crippen LogP contribution is 2.23. The summed E-state index contributed by atoms with van der Waals surface area (Å²) in [7, 11) is 0. The maximum atomic E-state index is 5.60. The van der Waals surface area contributed by atoms with E-state index in [9.17, 15) is 0 Å². The molecular formula is C14H30N2O. The smallest absolute Gasteiger partial charge is 0.0674 e. The van der Waals surface area contributed by atoms with E-state index in [-0.39, 0.29) is 0 Å². The molecule has 1 saturated heterocycles.